The number of rotatable bonds is 7. The van der Waals surface area contributed by atoms with Crippen molar-refractivity contribution in [3.05, 3.63) is 52.6 Å². The summed E-state index contributed by atoms with van der Waals surface area (Å²) < 4.78 is 5.18. The molecule has 27 heavy (non-hydrogen) atoms. The molecule has 1 N–H and O–H groups in total. The number of benzene rings is 1. The fourth-order valence-corrected chi connectivity index (χ4v) is 3.35. The van der Waals surface area contributed by atoms with Gasteiger partial charge in [-0.25, -0.2) is 0 Å². The van der Waals surface area contributed by atoms with Gasteiger partial charge in [0.1, 0.15) is 5.75 Å². The molecule has 1 amide bonds. The molecule has 144 valence electrons. The number of likely N-dealkylation sites (tertiary alicyclic amines) is 1. The average molecular weight is 368 g/mol. The molecule has 2 heterocycles. The first kappa shape index (κ1) is 19.3. The number of amides is 1. The highest BCUT2D eigenvalue weighted by molar-refractivity contribution is 5.79. The van der Waals surface area contributed by atoms with Crippen LogP contribution in [-0.2, 0) is 17.8 Å². The normalized spacial score (nSPS) is 16.8. The van der Waals surface area contributed by atoms with Crippen LogP contribution in [-0.4, -0.2) is 47.0 Å². The van der Waals surface area contributed by atoms with Crippen molar-refractivity contribution in [3.63, 3.8) is 0 Å². The fourth-order valence-electron chi connectivity index (χ4n) is 3.35. The molecule has 1 fully saturated rings. The minimum atomic E-state index is 0.163. The minimum absolute atomic E-state index is 0.163. The second-order valence-electron chi connectivity index (χ2n) is 7.15. The Balaban J connectivity index is 1.50. The van der Waals surface area contributed by atoms with Gasteiger partial charge in [-0.05, 0) is 44.9 Å². The maximum atomic E-state index is 12.3. The molecule has 6 heteroatoms. The Morgan fingerprint density at radius 1 is 1.11 bits per heavy atom. The maximum absolute atomic E-state index is 12.3. The van der Waals surface area contributed by atoms with E-state index in [1.807, 2.05) is 37.8 Å². The molecule has 3 rings (SSSR count). The molecule has 6 nitrogen and oxygen atoms in total. The summed E-state index contributed by atoms with van der Waals surface area (Å²) in [4.78, 5) is 23.4. The Morgan fingerprint density at radius 3 is 2.52 bits per heavy atom. The summed E-state index contributed by atoms with van der Waals surface area (Å²) in [5.41, 5.74) is 5.05. The number of nitrogens with one attached hydrogen (secondary N) is 1. The summed E-state index contributed by atoms with van der Waals surface area (Å²) in [5.74, 6) is 1.06. The van der Waals surface area contributed by atoms with Gasteiger partial charge in [-0.1, -0.05) is 12.1 Å². The van der Waals surface area contributed by atoms with E-state index >= 15 is 0 Å². The van der Waals surface area contributed by atoms with Crippen LogP contribution in [0.5, 0.6) is 5.75 Å². The summed E-state index contributed by atoms with van der Waals surface area (Å²) in [7, 11) is 1.66. The number of ether oxygens (including phenoxy) is 1. The minimum Gasteiger partial charge on any atom is -0.497 e. The third kappa shape index (κ3) is 4.83. The second kappa shape index (κ2) is 8.48. The van der Waals surface area contributed by atoms with Crippen molar-refractivity contribution in [1.82, 2.24) is 20.2 Å². The Morgan fingerprint density at radius 2 is 1.81 bits per heavy atom. The van der Waals surface area contributed by atoms with E-state index in [-0.39, 0.29) is 11.9 Å². The van der Waals surface area contributed by atoms with Crippen molar-refractivity contribution in [2.45, 2.75) is 46.2 Å². The van der Waals surface area contributed by atoms with Gasteiger partial charge in [-0.2, -0.15) is 0 Å². The summed E-state index contributed by atoms with van der Waals surface area (Å²) in [6.07, 6.45) is 1.39. The third-order valence-corrected chi connectivity index (χ3v) is 5.18. The predicted molar refractivity (Wildman–Crippen MR) is 105 cm³/mol. The Labute approximate surface area is 161 Å². The standard InChI is InChI=1S/C21H28N4O2/c1-14-15(2)24-20(16(3)23-14)12-22-18-11-21(26)25(13-18)10-9-17-5-7-19(27-4)8-6-17/h5-8,18,22H,9-13H2,1-4H3/t18-/m0/s1. The number of aromatic nitrogens is 2. The van der Waals surface area contributed by atoms with Gasteiger partial charge in [0.2, 0.25) is 5.91 Å². The molecule has 0 unspecified atom stereocenters. The molecule has 2 aromatic rings. The van der Waals surface area contributed by atoms with Crippen LogP contribution >= 0.6 is 0 Å². The van der Waals surface area contributed by atoms with Gasteiger partial charge < -0.3 is 15.0 Å². The lowest BCUT2D eigenvalue weighted by molar-refractivity contribution is -0.127. The van der Waals surface area contributed by atoms with Crippen molar-refractivity contribution in [2.24, 2.45) is 0 Å². The van der Waals surface area contributed by atoms with E-state index in [1.54, 1.807) is 7.11 Å². The molecular weight excluding hydrogens is 340 g/mol. The smallest absolute Gasteiger partial charge is 0.224 e. The highest BCUT2D eigenvalue weighted by Crippen LogP contribution is 2.16. The largest absolute Gasteiger partial charge is 0.497 e. The van der Waals surface area contributed by atoms with Gasteiger partial charge >= 0.3 is 0 Å². The molecule has 1 atom stereocenters. The van der Waals surface area contributed by atoms with Crippen LogP contribution in [0.1, 0.15) is 34.8 Å². The van der Waals surface area contributed by atoms with E-state index in [2.05, 4.69) is 27.4 Å². The van der Waals surface area contributed by atoms with Gasteiger partial charge in [0.05, 0.1) is 29.9 Å². The van der Waals surface area contributed by atoms with Crippen LogP contribution in [0.2, 0.25) is 0 Å². The van der Waals surface area contributed by atoms with E-state index in [1.165, 1.54) is 5.56 Å². The number of aryl methyl sites for hydroxylation is 3. The van der Waals surface area contributed by atoms with Crippen LogP contribution in [0.25, 0.3) is 0 Å². The summed E-state index contributed by atoms with van der Waals surface area (Å²) >= 11 is 0. The summed E-state index contributed by atoms with van der Waals surface area (Å²) in [6.45, 7) is 8.06. The van der Waals surface area contributed by atoms with Crippen LogP contribution in [0.15, 0.2) is 24.3 Å². The summed E-state index contributed by atoms with van der Waals surface area (Å²) in [6, 6.07) is 8.18. The van der Waals surface area contributed by atoms with E-state index in [9.17, 15) is 4.79 Å². The molecule has 1 aromatic carbocycles. The van der Waals surface area contributed by atoms with Crippen molar-refractivity contribution in [1.29, 1.82) is 0 Å². The third-order valence-electron chi connectivity index (χ3n) is 5.18. The van der Waals surface area contributed by atoms with Gasteiger partial charge in [-0.15, -0.1) is 0 Å². The lowest BCUT2D eigenvalue weighted by Gasteiger charge is -2.17. The van der Waals surface area contributed by atoms with Crippen molar-refractivity contribution >= 4 is 5.91 Å². The van der Waals surface area contributed by atoms with Gasteiger partial charge in [-0.3, -0.25) is 14.8 Å². The molecular formula is C21H28N4O2. The van der Waals surface area contributed by atoms with E-state index in [0.717, 1.165) is 48.0 Å². The van der Waals surface area contributed by atoms with Crippen LogP contribution in [0.3, 0.4) is 0 Å². The zero-order valence-electron chi connectivity index (χ0n) is 16.6. The summed E-state index contributed by atoms with van der Waals surface area (Å²) in [5, 5.41) is 3.48. The van der Waals surface area contributed by atoms with Gasteiger partial charge in [0.15, 0.2) is 0 Å². The van der Waals surface area contributed by atoms with E-state index in [0.29, 0.717) is 13.0 Å². The number of carbonyl (C=O) groups excluding carboxylic acids is 1. The van der Waals surface area contributed by atoms with Gasteiger partial charge in [0, 0.05) is 32.1 Å². The second-order valence-corrected chi connectivity index (χ2v) is 7.15. The number of hydrogen-bond acceptors (Lipinski definition) is 5. The number of carbonyl (C=O) groups is 1. The van der Waals surface area contributed by atoms with Crippen molar-refractivity contribution in [2.75, 3.05) is 20.2 Å². The molecule has 0 aliphatic carbocycles. The maximum Gasteiger partial charge on any atom is 0.224 e. The number of methoxy groups -OCH3 is 1. The van der Waals surface area contributed by atoms with Crippen LogP contribution < -0.4 is 10.1 Å². The quantitative estimate of drug-likeness (QED) is 0.813. The number of hydrogen-bond donors (Lipinski definition) is 1. The van der Waals surface area contributed by atoms with Gasteiger partial charge in [0.25, 0.3) is 0 Å². The predicted octanol–water partition coefficient (Wildman–Crippen LogP) is 2.34. The first-order valence-electron chi connectivity index (χ1n) is 9.41. The van der Waals surface area contributed by atoms with Crippen LogP contribution in [0, 0.1) is 20.8 Å². The molecule has 1 saturated heterocycles. The highest BCUT2D eigenvalue weighted by atomic mass is 16.5. The Bertz CT molecular complexity index is 805. The molecule has 0 bridgehead atoms. The zero-order valence-corrected chi connectivity index (χ0v) is 16.6. The van der Waals surface area contributed by atoms with Crippen molar-refractivity contribution in [3.8, 4) is 5.75 Å². The zero-order chi connectivity index (χ0) is 19.4. The average Bonchev–Trinajstić information content (AvgIpc) is 3.02. The molecule has 0 spiro atoms. The SMILES string of the molecule is COc1ccc(CCN2C[C@@H](NCc3nc(C)c(C)nc3C)CC2=O)cc1. The number of nitrogens with zero attached hydrogens (tertiary/aromatic N) is 3. The molecule has 1 aliphatic rings. The molecule has 1 aromatic heterocycles. The molecule has 0 radical (unpaired) electrons. The monoisotopic (exact) mass is 368 g/mol. The topological polar surface area (TPSA) is 67.3 Å². The Kier molecular flexibility index (Phi) is 6.06. The van der Waals surface area contributed by atoms with E-state index in [4.69, 9.17) is 4.74 Å². The van der Waals surface area contributed by atoms with Crippen molar-refractivity contribution < 1.29 is 9.53 Å². The van der Waals surface area contributed by atoms with Crippen LogP contribution in [0.4, 0.5) is 0 Å². The molecule has 0 saturated carbocycles. The highest BCUT2D eigenvalue weighted by Gasteiger charge is 2.29. The molecule has 1 aliphatic heterocycles. The first-order valence-corrected chi connectivity index (χ1v) is 9.41. The lowest BCUT2D eigenvalue weighted by atomic mass is 10.1. The first-order chi connectivity index (χ1) is 13.0. The fraction of sp³-hybridized carbons (Fsp3) is 0.476. The lowest BCUT2D eigenvalue weighted by Crippen LogP contribution is -2.33. The Hall–Kier alpha value is -2.47. The van der Waals surface area contributed by atoms with E-state index < -0.39 is 0 Å².